The summed E-state index contributed by atoms with van der Waals surface area (Å²) in [6.45, 7) is 6.41. The Kier molecular flexibility index (Phi) is 5.91. The summed E-state index contributed by atoms with van der Waals surface area (Å²) in [4.78, 5) is 11.4. The molecule has 0 saturated carbocycles. The molecular weight excluding hydrogens is 226 g/mol. The van der Waals surface area contributed by atoms with Crippen LogP contribution < -0.4 is 10.7 Å². The van der Waals surface area contributed by atoms with Crippen LogP contribution >= 0.6 is 0 Å². The molecule has 18 heavy (non-hydrogen) atoms. The summed E-state index contributed by atoms with van der Waals surface area (Å²) < 4.78 is 0. The van der Waals surface area contributed by atoms with Crippen molar-refractivity contribution in [2.75, 3.05) is 11.9 Å². The smallest absolute Gasteiger partial charge is 0.259 e. The lowest BCUT2D eigenvalue weighted by Crippen LogP contribution is -2.25. The van der Waals surface area contributed by atoms with E-state index in [0.717, 1.165) is 18.5 Å². The van der Waals surface area contributed by atoms with Crippen molar-refractivity contribution in [1.82, 2.24) is 5.43 Å². The first-order chi connectivity index (χ1) is 8.63. The summed E-state index contributed by atoms with van der Waals surface area (Å²) in [7, 11) is 0. The van der Waals surface area contributed by atoms with Crippen molar-refractivity contribution in [1.29, 1.82) is 0 Å². The van der Waals surface area contributed by atoms with Crippen LogP contribution in [-0.2, 0) is 4.79 Å². The quantitative estimate of drug-likeness (QED) is 0.599. The highest BCUT2D eigenvalue weighted by atomic mass is 16.2. The van der Waals surface area contributed by atoms with Gasteiger partial charge in [-0.3, -0.25) is 4.79 Å². The van der Waals surface area contributed by atoms with Gasteiger partial charge >= 0.3 is 0 Å². The summed E-state index contributed by atoms with van der Waals surface area (Å²) in [5.41, 5.74) is 5.89. The van der Waals surface area contributed by atoms with Crippen molar-refractivity contribution in [2.45, 2.75) is 33.6 Å². The van der Waals surface area contributed by atoms with E-state index in [0.29, 0.717) is 0 Å². The molecule has 0 radical (unpaired) electrons. The van der Waals surface area contributed by atoms with E-state index in [1.165, 1.54) is 11.1 Å². The molecule has 1 amide bonds. The second-order valence-electron chi connectivity index (χ2n) is 4.29. The lowest BCUT2D eigenvalue weighted by molar-refractivity contribution is -0.119. The minimum atomic E-state index is -0.138. The van der Waals surface area contributed by atoms with Crippen molar-refractivity contribution in [3.8, 4) is 0 Å². The Morgan fingerprint density at radius 2 is 2.11 bits per heavy atom. The first kappa shape index (κ1) is 14.2. The van der Waals surface area contributed by atoms with Crippen molar-refractivity contribution in [3.63, 3.8) is 0 Å². The molecule has 0 heterocycles. The van der Waals surface area contributed by atoms with Crippen LogP contribution in [-0.4, -0.2) is 18.7 Å². The number of nitrogens with zero attached hydrogens (tertiary/aromatic N) is 1. The van der Waals surface area contributed by atoms with Gasteiger partial charge < -0.3 is 5.32 Å². The van der Waals surface area contributed by atoms with Crippen LogP contribution in [0.5, 0.6) is 0 Å². The Bertz CT molecular complexity index is 427. The molecule has 0 atom stereocenters. The number of hydrogen-bond donors (Lipinski definition) is 2. The Labute approximate surface area is 108 Å². The fraction of sp³-hybridized carbons (Fsp3) is 0.429. The second-order valence-corrected chi connectivity index (χ2v) is 4.29. The number of aryl methyl sites for hydroxylation is 2. The maximum atomic E-state index is 11.4. The van der Waals surface area contributed by atoms with E-state index >= 15 is 0 Å². The first-order valence-electron chi connectivity index (χ1n) is 6.25. The zero-order chi connectivity index (χ0) is 13.4. The molecular formula is C14H21N3O. The zero-order valence-corrected chi connectivity index (χ0v) is 11.3. The highest BCUT2D eigenvalue weighted by molar-refractivity contribution is 5.81. The van der Waals surface area contributed by atoms with Gasteiger partial charge in [0.05, 0.1) is 6.54 Å². The summed E-state index contributed by atoms with van der Waals surface area (Å²) in [6.07, 6.45) is 3.62. The van der Waals surface area contributed by atoms with Crippen LogP contribution in [0, 0.1) is 13.8 Å². The van der Waals surface area contributed by atoms with Crippen LogP contribution in [0.3, 0.4) is 0 Å². The van der Waals surface area contributed by atoms with Crippen molar-refractivity contribution in [2.24, 2.45) is 5.10 Å². The van der Waals surface area contributed by atoms with E-state index in [9.17, 15) is 4.79 Å². The van der Waals surface area contributed by atoms with Crippen molar-refractivity contribution in [3.05, 3.63) is 29.3 Å². The molecule has 0 aliphatic heterocycles. The molecule has 1 aromatic carbocycles. The number of amides is 1. The van der Waals surface area contributed by atoms with E-state index in [-0.39, 0.29) is 12.5 Å². The second kappa shape index (κ2) is 7.48. The summed E-state index contributed by atoms with van der Waals surface area (Å²) in [6, 6.07) is 6.04. The van der Waals surface area contributed by atoms with Crippen LogP contribution in [0.25, 0.3) is 0 Å². The molecule has 0 unspecified atom stereocenters. The SMILES string of the molecule is CCC/C=N\NC(=O)CNc1ccc(C)c(C)c1. The number of anilines is 1. The predicted octanol–water partition coefficient (Wildman–Crippen LogP) is 2.62. The van der Waals surface area contributed by atoms with E-state index in [4.69, 9.17) is 0 Å². The summed E-state index contributed by atoms with van der Waals surface area (Å²) in [5.74, 6) is -0.138. The van der Waals surface area contributed by atoms with E-state index in [2.05, 4.69) is 36.6 Å². The molecule has 0 aliphatic carbocycles. The number of carbonyl (C=O) groups excluding carboxylic acids is 1. The fourth-order valence-electron chi connectivity index (χ4n) is 1.38. The average Bonchev–Trinajstić information content (AvgIpc) is 2.36. The van der Waals surface area contributed by atoms with Crippen molar-refractivity contribution < 1.29 is 4.79 Å². The van der Waals surface area contributed by atoms with Gasteiger partial charge in [0.2, 0.25) is 0 Å². The minimum absolute atomic E-state index is 0.138. The van der Waals surface area contributed by atoms with Gasteiger partial charge in [-0.2, -0.15) is 5.10 Å². The molecule has 0 saturated heterocycles. The van der Waals surface area contributed by atoms with E-state index < -0.39 is 0 Å². The van der Waals surface area contributed by atoms with Gasteiger partial charge in [-0.1, -0.05) is 19.4 Å². The van der Waals surface area contributed by atoms with Gasteiger partial charge in [-0.05, 0) is 43.5 Å². The molecule has 4 heteroatoms. The number of benzene rings is 1. The zero-order valence-electron chi connectivity index (χ0n) is 11.3. The van der Waals surface area contributed by atoms with Gasteiger partial charge in [0.15, 0.2) is 0 Å². The highest BCUT2D eigenvalue weighted by Gasteiger charge is 2.00. The third-order valence-corrected chi connectivity index (χ3v) is 2.66. The van der Waals surface area contributed by atoms with Gasteiger partial charge in [-0.25, -0.2) is 5.43 Å². The molecule has 0 aromatic heterocycles. The molecule has 0 fully saturated rings. The fourth-order valence-corrected chi connectivity index (χ4v) is 1.38. The lowest BCUT2D eigenvalue weighted by atomic mass is 10.1. The average molecular weight is 247 g/mol. The molecule has 2 N–H and O–H groups in total. The molecule has 1 aromatic rings. The number of hydrogen-bond acceptors (Lipinski definition) is 3. The number of rotatable bonds is 6. The lowest BCUT2D eigenvalue weighted by Gasteiger charge is -2.07. The Morgan fingerprint density at radius 3 is 2.78 bits per heavy atom. The molecule has 4 nitrogen and oxygen atoms in total. The van der Waals surface area contributed by atoms with Gasteiger partial charge in [0.1, 0.15) is 0 Å². The molecule has 0 aliphatic rings. The Balaban J connectivity index is 2.35. The van der Waals surface area contributed by atoms with Crippen LogP contribution in [0.15, 0.2) is 23.3 Å². The number of nitrogens with one attached hydrogen (secondary N) is 2. The van der Waals surface area contributed by atoms with Crippen LogP contribution in [0.2, 0.25) is 0 Å². The number of unbranched alkanes of at least 4 members (excludes halogenated alkanes) is 1. The standard InChI is InChI=1S/C14H21N3O/c1-4-5-8-16-17-14(18)10-15-13-7-6-11(2)12(3)9-13/h6-9,15H,4-5,10H2,1-3H3,(H,17,18)/b16-8-. The normalized spacial score (nSPS) is 10.6. The van der Waals surface area contributed by atoms with Crippen LogP contribution in [0.1, 0.15) is 30.9 Å². The maximum Gasteiger partial charge on any atom is 0.259 e. The van der Waals surface area contributed by atoms with E-state index in [1.54, 1.807) is 6.21 Å². The topological polar surface area (TPSA) is 53.5 Å². The van der Waals surface area contributed by atoms with Gasteiger partial charge in [-0.15, -0.1) is 0 Å². The summed E-state index contributed by atoms with van der Waals surface area (Å²) in [5, 5.41) is 6.91. The molecule has 0 bridgehead atoms. The highest BCUT2D eigenvalue weighted by Crippen LogP contribution is 2.13. The monoisotopic (exact) mass is 247 g/mol. The third-order valence-electron chi connectivity index (χ3n) is 2.66. The van der Waals surface area contributed by atoms with Crippen LogP contribution in [0.4, 0.5) is 5.69 Å². The Hall–Kier alpha value is -1.84. The Morgan fingerprint density at radius 1 is 1.33 bits per heavy atom. The van der Waals surface area contributed by atoms with Gasteiger partial charge in [0, 0.05) is 11.9 Å². The third kappa shape index (κ3) is 4.99. The molecule has 98 valence electrons. The summed E-state index contributed by atoms with van der Waals surface area (Å²) >= 11 is 0. The number of carbonyl (C=O) groups is 1. The number of hydrazone groups is 1. The van der Waals surface area contributed by atoms with E-state index in [1.807, 2.05) is 18.2 Å². The molecule has 0 spiro atoms. The largest absolute Gasteiger partial charge is 0.376 e. The van der Waals surface area contributed by atoms with Crippen molar-refractivity contribution >= 4 is 17.8 Å². The minimum Gasteiger partial charge on any atom is -0.376 e. The van der Waals surface area contributed by atoms with Gasteiger partial charge in [0.25, 0.3) is 5.91 Å². The maximum absolute atomic E-state index is 11.4. The molecule has 1 rings (SSSR count). The first-order valence-corrected chi connectivity index (χ1v) is 6.25. The predicted molar refractivity (Wildman–Crippen MR) is 75.9 cm³/mol.